The first-order chi connectivity index (χ1) is 13.8. The predicted octanol–water partition coefficient (Wildman–Crippen LogP) is 4.11. The zero-order valence-corrected chi connectivity index (χ0v) is 16.2. The maximum atomic E-state index is 12.6. The molecule has 0 aromatic heterocycles. The largest absolute Gasteiger partial charge is 0.493 e. The van der Waals surface area contributed by atoms with Crippen molar-refractivity contribution in [3.63, 3.8) is 0 Å². The predicted molar refractivity (Wildman–Crippen MR) is 104 cm³/mol. The Balaban J connectivity index is 1.99. The number of carbonyl (C=O) groups excluding carboxylic acids is 2. The Morgan fingerprint density at radius 3 is 2.38 bits per heavy atom. The van der Waals surface area contributed by atoms with Gasteiger partial charge >= 0.3 is 12.6 Å². The molecule has 2 aromatic rings. The van der Waals surface area contributed by atoms with Gasteiger partial charge in [0.15, 0.2) is 18.1 Å². The van der Waals surface area contributed by atoms with Crippen LogP contribution in [0.1, 0.15) is 16.7 Å². The molecule has 8 heteroatoms. The molecule has 0 radical (unpaired) electrons. The van der Waals surface area contributed by atoms with E-state index in [9.17, 15) is 18.4 Å². The van der Waals surface area contributed by atoms with E-state index in [1.165, 1.54) is 25.3 Å². The molecule has 0 saturated heterocycles. The average molecular weight is 405 g/mol. The van der Waals surface area contributed by atoms with Gasteiger partial charge in [-0.2, -0.15) is 8.78 Å². The second-order valence-corrected chi connectivity index (χ2v) is 6.01. The van der Waals surface area contributed by atoms with Gasteiger partial charge in [0.1, 0.15) is 0 Å². The fraction of sp³-hybridized carbons (Fsp3) is 0.238. The number of para-hydroxylation sites is 2. The number of anilines is 1. The molecule has 154 valence electrons. The number of rotatable bonds is 8. The van der Waals surface area contributed by atoms with Gasteiger partial charge in [0.2, 0.25) is 0 Å². The van der Waals surface area contributed by atoms with Crippen molar-refractivity contribution in [3.8, 4) is 11.5 Å². The van der Waals surface area contributed by atoms with Gasteiger partial charge in [0, 0.05) is 17.3 Å². The molecule has 0 fully saturated rings. The molecule has 1 N–H and O–H groups in total. The van der Waals surface area contributed by atoms with Crippen LogP contribution < -0.4 is 14.8 Å². The Kier molecular flexibility index (Phi) is 7.70. The number of halogens is 2. The van der Waals surface area contributed by atoms with Gasteiger partial charge in [0.25, 0.3) is 5.91 Å². The monoisotopic (exact) mass is 405 g/mol. The highest BCUT2D eigenvalue weighted by Crippen LogP contribution is 2.33. The molecule has 0 unspecified atom stereocenters. The van der Waals surface area contributed by atoms with E-state index in [4.69, 9.17) is 9.47 Å². The highest BCUT2D eigenvalue weighted by molar-refractivity contribution is 5.95. The molecule has 0 atom stereocenters. The number of alkyl halides is 2. The summed E-state index contributed by atoms with van der Waals surface area (Å²) >= 11 is 0. The quantitative estimate of drug-likeness (QED) is 0.529. The van der Waals surface area contributed by atoms with Crippen molar-refractivity contribution in [2.45, 2.75) is 20.5 Å². The third-order valence-corrected chi connectivity index (χ3v) is 3.93. The Labute approximate surface area is 167 Å². The minimum absolute atomic E-state index is 0.0915. The van der Waals surface area contributed by atoms with Gasteiger partial charge in [-0.25, -0.2) is 4.79 Å². The molecular weight excluding hydrogens is 384 g/mol. The third kappa shape index (κ3) is 6.31. The number of ether oxygens (including phenoxy) is 3. The molecule has 0 aliphatic rings. The molecular formula is C21H21F2NO5. The number of esters is 1. The summed E-state index contributed by atoms with van der Waals surface area (Å²) in [6, 6.07) is 10.0. The van der Waals surface area contributed by atoms with Gasteiger partial charge in [-0.15, -0.1) is 0 Å². The Morgan fingerprint density at radius 1 is 1.10 bits per heavy atom. The molecule has 0 heterocycles. The lowest BCUT2D eigenvalue weighted by atomic mass is 10.1. The Hall–Kier alpha value is -3.42. The highest BCUT2D eigenvalue weighted by atomic mass is 19.3. The lowest BCUT2D eigenvalue weighted by Crippen LogP contribution is -2.21. The summed E-state index contributed by atoms with van der Waals surface area (Å²) in [4.78, 5) is 23.9. The van der Waals surface area contributed by atoms with Crippen molar-refractivity contribution < 1.29 is 32.6 Å². The van der Waals surface area contributed by atoms with Crippen LogP contribution in [0.3, 0.4) is 0 Å². The van der Waals surface area contributed by atoms with Crippen LogP contribution in [0.25, 0.3) is 6.08 Å². The van der Waals surface area contributed by atoms with Crippen molar-refractivity contribution in [1.82, 2.24) is 0 Å². The lowest BCUT2D eigenvalue weighted by Gasteiger charge is -2.12. The van der Waals surface area contributed by atoms with E-state index >= 15 is 0 Å². The van der Waals surface area contributed by atoms with Crippen LogP contribution in [0.2, 0.25) is 0 Å². The molecule has 0 aliphatic carbocycles. The van der Waals surface area contributed by atoms with E-state index in [0.29, 0.717) is 5.69 Å². The number of nitrogens with one attached hydrogen (secondary N) is 1. The normalized spacial score (nSPS) is 10.8. The first-order valence-electron chi connectivity index (χ1n) is 8.64. The molecule has 2 rings (SSSR count). The van der Waals surface area contributed by atoms with E-state index < -0.39 is 25.1 Å². The fourth-order valence-electron chi connectivity index (χ4n) is 2.57. The van der Waals surface area contributed by atoms with Crippen LogP contribution >= 0.6 is 0 Å². The van der Waals surface area contributed by atoms with Crippen LogP contribution in [0, 0.1) is 13.8 Å². The third-order valence-electron chi connectivity index (χ3n) is 3.93. The molecule has 6 nitrogen and oxygen atoms in total. The number of aryl methyl sites for hydroxylation is 2. The summed E-state index contributed by atoms with van der Waals surface area (Å²) in [7, 11) is 1.31. The summed E-state index contributed by atoms with van der Waals surface area (Å²) in [5, 5.41) is 2.69. The van der Waals surface area contributed by atoms with Gasteiger partial charge in [-0.3, -0.25) is 4.79 Å². The minimum atomic E-state index is -3.06. The molecule has 2 aromatic carbocycles. The molecule has 29 heavy (non-hydrogen) atoms. The van der Waals surface area contributed by atoms with Crippen molar-refractivity contribution in [1.29, 1.82) is 0 Å². The van der Waals surface area contributed by atoms with E-state index in [2.05, 4.69) is 10.1 Å². The van der Waals surface area contributed by atoms with E-state index in [0.717, 1.165) is 17.2 Å². The second-order valence-electron chi connectivity index (χ2n) is 6.01. The van der Waals surface area contributed by atoms with Crippen molar-refractivity contribution in [2.24, 2.45) is 0 Å². The number of carbonyl (C=O) groups is 2. The highest BCUT2D eigenvalue weighted by Gasteiger charge is 2.14. The second kappa shape index (κ2) is 10.2. The van der Waals surface area contributed by atoms with Gasteiger partial charge < -0.3 is 19.5 Å². The Morgan fingerprint density at radius 2 is 1.76 bits per heavy atom. The number of hydrogen-bond donors (Lipinski definition) is 1. The van der Waals surface area contributed by atoms with Gasteiger partial charge in [-0.1, -0.05) is 30.3 Å². The topological polar surface area (TPSA) is 73.9 Å². The van der Waals surface area contributed by atoms with Crippen LogP contribution in [0.5, 0.6) is 11.5 Å². The van der Waals surface area contributed by atoms with Crippen LogP contribution in [0.15, 0.2) is 42.5 Å². The first-order valence-corrected chi connectivity index (χ1v) is 8.64. The van der Waals surface area contributed by atoms with Crippen LogP contribution in [-0.4, -0.2) is 32.2 Å². The summed E-state index contributed by atoms with van der Waals surface area (Å²) in [5.74, 6) is -1.42. The number of benzene rings is 2. The zero-order chi connectivity index (χ0) is 21.4. The van der Waals surface area contributed by atoms with Crippen LogP contribution in [-0.2, 0) is 14.3 Å². The molecule has 0 bridgehead atoms. The summed E-state index contributed by atoms with van der Waals surface area (Å²) in [6.07, 6.45) is 2.26. The SMILES string of the molecule is COc1cccc(/C=C/C(=O)OCC(=O)Nc2c(C)cccc2C)c1OC(F)F. The van der Waals surface area contributed by atoms with E-state index in [-0.39, 0.29) is 17.1 Å². The molecule has 0 spiro atoms. The molecule has 0 aliphatic heterocycles. The standard InChI is InChI=1S/C21H21F2NO5/c1-13-6-4-7-14(2)19(13)24-17(25)12-28-18(26)11-10-15-8-5-9-16(27-3)20(15)29-21(22)23/h4-11,21H,12H2,1-3H3,(H,24,25)/b11-10+. The minimum Gasteiger partial charge on any atom is -0.493 e. The van der Waals surface area contributed by atoms with Gasteiger partial charge in [0.05, 0.1) is 7.11 Å². The Bertz CT molecular complexity index is 892. The smallest absolute Gasteiger partial charge is 0.387 e. The maximum absolute atomic E-state index is 12.6. The van der Waals surface area contributed by atoms with E-state index in [1.54, 1.807) is 6.07 Å². The fourth-order valence-corrected chi connectivity index (χ4v) is 2.57. The lowest BCUT2D eigenvalue weighted by molar-refractivity contribution is -0.142. The number of hydrogen-bond acceptors (Lipinski definition) is 5. The summed E-state index contributed by atoms with van der Waals surface area (Å²) in [6.45, 7) is 0.156. The van der Waals surface area contributed by atoms with Crippen LogP contribution in [0.4, 0.5) is 14.5 Å². The summed E-state index contributed by atoms with van der Waals surface area (Å²) in [5.41, 5.74) is 2.62. The van der Waals surface area contributed by atoms with E-state index in [1.807, 2.05) is 32.0 Å². The average Bonchev–Trinajstić information content (AvgIpc) is 2.68. The molecule has 1 amide bonds. The van der Waals surface area contributed by atoms with Crippen molar-refractivity contribution in [3.05, 3.63) is 59.2 Å². The number of methoxy groups -OCH3 is 1. The van der Waals surface area contributed by atoms with Crippen molar-refractivity contribution in [2.75, 3.05) is 19.0 Å². The zero-order valence-electron chi connectivity index (χ0n) is 16.2. The summed E-state index contributed by atoms with van der Waals surface area (Å²) < 4.78 is 39.6. The van der Waals surface area contributed by atoms with Gasteiger partial charge in [-0.05, 0) is 37.1 Å². The maximum Gasteiger partial charge on any atom is 0.387 e. The molecule has 0 saturated carbocycles. The number of amides is 1. The first kappa shape index (κ1) is 21.9. The van der Waals surface area contributed by atoms with Crippen molar-refractivity contribution >= 4 is 23.6 Å².